The predicted octanol–water partition coefficient (Wildman–Crippen LogP) is 5.11. The number of nitrogens with zero attached hydrogens (tertiary/aromatic N) is 1. The molecule has 0 radical (unpaired) electrons. The maximum absolute atomic E-state index is 12.8. The fraction of sp³-hybridized carbons (Fsp3) is 0.0556. The molecule has 5 heteroatoms. The summed E-state index contributed by atoms with van der Waals surface area (Å²) in [6, 6.07) is 17.2. The van der Waals surface area contributed by atoms with Crippen molar-refractivity contribution in [3.8, 4) is 0 Å². The zero-order chi connectivity index (χ0) is 16.0. The number of rotatable bonds is 1. The van der Waals surface area contributed by atoms with Gasteiger partial charge in [-0.1, -0.05) is 39.7 Å². The molecule has 2 aromatic carbocycles. The first-order valence-corrected chi connectivity index (χ1v) is 8.34. The molecule has 2 heterocycles. The van der Waals surface area contributed by atoms with E-state index in [0.29, 0.717) is 10.6 Å². The second-order valence-electron chi connectivity index (χ2n) is 5.43. The Labute approximate surface area is 147 Å². The zero-order valence-corrected chi connectivity index (χ0v) is 14.3. The maximum Gasteiger partial charge on any atom is 0.264 e. The Morgan fingerprint density at radius 2 is 1.87 bits per heavy atom. The van der Waals surface area contributed by atoms with Gasteiger partial charge in [0, 0.05) is 21.4 Å². The maximum atomic E-state index is 12.8. The molecule has 0 bridgehead atoms. The Balaban J connectivity index is 1.91. The summed E-state index contributed by atoms with van der Waals surface area (Å²) < 4.78 is 2.70. The molecule has 1 atom stereocenters. The van der Waals surface area contributed by atoms with E-state index in [-0.39, 0.29) is 11.9 Å². The molecule has 1 aromatic heterocycles. The summed E-state index contributed by atoms with van der Waals surface area (Å²) in [5.74, 6) is -0.0744. The van der Waals surface area contributed by atoms with Crippen molar-refractivity contribution in [2.24, 2.45) is 0 Å². The van der Waals surface area contributed by atoms with Gasteiger partial charge in [-0.15, -0.1) is 0 Å². The molecule has 114 valence electrons. The Bertz CT molecular complexity index is 902. The van der Waals surface area contributed by atoms with Crippen molar-refractivity contribution in [1.82, 2.24) is 4.57 Å². The van der Waals surface area contributed by atoms with Gasteiger partial charge in [0.15, 0.2) is 0 Å². The fourth-order valence-electron chi connectivity index (χ4n) is 2.90. The summed E-state index contributed by atoms with van der Waals surface area (Å²) in [6.45, 7) is 0. The van der Waals surface area contributed by atoms with Crippen molar-refractivity contribution in [3.05, 3.63) is 87.1 Å². The Morgan fingerprint density at radius 1 is 1.09 bits per heavy atom. The normalized spacial score (nSPS) is 16.3. The third kappa shape index (κ3) is 2.48. The molecule has 1 N–H and O–H groups in total. The monoisotopic (exact) mass is 386 g/mol. The first-order chi connectivity index (χ1) is 11.1. The molecule has 23 heavy (non-hydrogen) atoms. The second kappa shape index (κ2) is 5.55. The van der Waals surface area contributed by atoms with Crippen LogP contribution in [0, 0.1) is 0 Å². The van der Waals surface area contributed by atoms with Gasteiger partial charge in [0.2, 0.25) is 0 Å². The smallest absolute Gasteiger partial charge is 0.264 e. The molecule has 3 nitrogen and oxygen atoms in total. The van der Waals surface area contributed by atoms with Gasteiger partial charge in [0.25, 0.3) is 5.91 Å². The lowest BCUT2D eigenvalue weighted by Crippen LogP contribution is -2.15. The molecular weight excluding hydrogens is 376 g/mol. The number of nitrogens with one attached hydrogen (secondary N) is 1. The van der Waals surface area contributed by atoms with Gasteiger partial charge < -0.3 is 5.32 Å². The van der Waals surface area contributed by atoms with Crippen LogP contribution in [0.2, 0.25) is 5.02 Å². The van der Waals surface area contributed by atoms with E-state index < -0.39 is 0 Å². The number of aromatic nitrogens is 1. The highest BCUT2D eigenvalue weighted by Gasteiger charge is 2.27. The van der Waals surface area contributed by atoms with Crippen molar-refractivity contribution in [2.45, 2.75) is 6.04 Å². The number of halogens is 2. The number of carbonyl (C=O) groups is 1. The number of carbonyl (C=O) groups excluding carboxylic acids is 1. The highest BCUT2D eigenvalue weighted by atomic mass is 79.9. The van der Waals surface area contributed by atoms with E-state index in [0.717, 1.165) is 21.4 Å². The van der Waals surface area contributed by atoms with Gasteiger partial charge in [-0.3, -0.25) is 9.36 Å². The SMILES string of the molecule is O=C1c2cc(Cl)ccc2NC(c2ccc(Br)cc2)c2cccn21. The Kier molecular flexibility index (Phi) is 3.51. The molecule has 0 aliphatic carbocycles. The average Bonchev–Trinajstić information content (AvgIpc) is 2.99. The molecular formula is C18H12BrClN2O. The van der Waals surface area contributed by atoms with Crippen LogP contribution in [0.3, 0.4) is 0 Å². The predicted molar refractivity (Wildman–Crippen MR) is 95.2 cm³/mol. The van der Waals surface area contributed by atoms with Gasteiger partial charge in [0.1, 0.15) is 0 Å². The van der Waals surface area contributed by atoms with E-state index in [4.69, 9.17) is 11.6 Å². The van der Waals surface area contributed by atoms with Crippen molar-refractivity contribution in [1.29, 1.82) is 0 Å². The van der Waals surface area contributed by atoms with Crippen LogP contribution >= 0.6 is 27.5 Å². The second-order valence-corrected chi connectivity index (χ2v) is 6.78. The average molecular weight is 388 g/mol. The minimum atomic E-state index is -0.107. The standard InChI is InChI=1S/C18H12BrClN2O/c19-12-5-3-11(4-6-12)17-16-2-1-9-22(16)18(23)14-10-13(20)7-8-15(14)21-17/h1-10,17,21H. The molecule has 4 rings (SSSR count). The first kappa shape index (κ1) is 14.5. The lowest BCUT2D eigenvalue weighted by Gasteiger charge is -2.19. The molecule has 1 unspecified atom stereocenters. The summed E-state index contributed by atoms with van der Waals surface area (Å²) in [7, 11) is 0. The Hall–Kier alpha value is -2.04. The van der Waals surface area contributed by atoms with Gasteiger partial charge in [-0.2, -0.15) is 0 Å². The minimum absolute atomic E-state index is 0.0744. The highest BCUT2D eigenvalue weighted by Crippen LogP contribution is 2.34. The fourth-order valence-corrected chi connectivity index (χ4v) is 3.34. The van der Waals surface area contributed by atoms with E-state index in [1.807, 2.05) is 42.5 Å². The van der Waals surface area contributed by atoms with Crippen LogP contribution in [0.5, 0.6) is 0 Å². The largest absolute Gasteiger partial charge is 0.372 e. The zero-order valence-electron chi connectivity index (χ0n) is 12.0. The van der Waals surface area contributed by atoms with E-state index in [1.54, 1.807) is 22.9 Å². The number of fused-ring (bicyclic) bond motifs is 2. The van der Waals surface area contributed by atoms with Crippen molar-refractivity contribution < 1.29 is 4.79 Å². The van der Waals surface area contributed by atoms with Crippen LogP contribution in [-0.2, 0) is 0 Å². The quantitative estimate of drug-likeness (QED) is 0.630. The molecule has 0 saturated carbocycles. The van der Waals surface area contributed by atoms with Crippen LogP contribution < -0.4 is 5.32 Å². The molecule has 3 aromatic rings. The van der Waals surface area contributed by atoms with E-state index in [9.17, 15) is 4.79 Å². The molecule has 0 fully saturated rings. The molecule has 0 amide bonds. The van der Waals surface area contributed by atoms with Crippen LogP contribution in [0.25, 0.3) is 0 Å². The number of hydrogen-bond acceptors (Lipinski definition) is 2. The summed E-state index contributed by atoms with van der Waals surface area (Å²) in [5, 5.41) is 4.03. The topological polar surface area (TPSA) is 34.0 Å². The van der Waals surface area contributed by atoms with Crippen molar-refractivity contribution >= 4 is 39.1 Å². The third-order valence-corrected chi connectivity index (χ3v) is 4.77. The summed E-state index contributed by atoms with van der Waals surface area (Å²) in [6.07, 6.45) is 1.79. The molecule has 1 aliphatic rings. The van der Waals surface area contributed by atoms with Crippen molar-refractivity contribution in [2.75, 3.05) is 5.32 Å². The minimum Gasteiger partial charge on any atom is -0.372 e. The number of anilines is 1. The van der Waals surface area contributed by atoms with Gasteiger partial charge in [-0.25, -0.2) is 0 Å². The highest BCUT2D eigenvalue weighted by molar-refractivity contribution is 9.10. The summed E-state index contributed by atoms with van der Waals surface area (Å²) in [5.41, 5.74) is 3.36. The van der Waals surface area contributed by atoms with Gasteiger partial charge in [-0.05, 0) is 48.0 Å². The lowest BCUT2D eigenvalue weighted by atomic mass is 10.0. The molecule has 1 aliphatic heterocycles. The molecule has 0 saturated heterocycles. The van der Waals surface area contributed by atoms with E-state index in [1.165, 1.54) is 0 Å². The van der Waals surface area contributed by atoms with E-state index in [2.05, 4.69) is 21.2 Å². The van der Waals surface area contributed by atoms with Crippen molar-refractivity contribution in [3.63, 3.8) is 0 Å². The van der Waals surface area contributed by atoms with Gasteiger partial charge >= 0.3 is 0 Å². The molecule has 0 spiro atoms. The van der Waals surface area contributed by atoms with Crippen LogP contribution in [0.1, 0.15) is 27.7 Å². The number of hydrogen-bond donors (Lipinski definition) is 1. The lowest BCUT2D eigenvalue weighted by molar-refractivity contribution is 0.0959. The summed E-state index contributed by atoms with van der Waals surface area (Å²) in [4.78, 5) is 12.8. The van der Waals surface area contributed by atoms with Crippen LogP contribution in [-0.4, -0.2) is 10.5 Å². The van der Waals surface area contributed by atoms with Crippen LogP contribution in [0.15, 0.2) is 65.3 Å². The van der Waals surface area contributed by atoms with Gasteiger partial charge in [0.05, 0.1) is 17.3 Å². The van der Waals surface area contributed by atoms with E-state index >= 15 is 0 Å². The first-order valence-electron chi connectivity index (χ1n) is 7.17. The summed E-state index contributed by atoms with van der Waals surface area (Å²) >= 11 is 9.53. The number of benzene rings is 2. The van der Waals surface area contributed by atoms with Crippen LogP contribution in [0.4, 0.5) is 5.69 Å². The Morgan fingerprint density at radius 3 is 2.65 bits per heavy atom. The third-order valence-electron chi connectivity index (χ3n) is 4.01.